The highest BCUT2D eigenvalue weighted by Crippen LogP contribution is 2.41. The van der Waals surface area contributed by atoms with Crippen molar-refractivity contribution in [3.8, 4) is 0 Å². The second-order valence-electron chi connectivity index (χ2n) is 4.45. The van der Waals surface area contributed by atoms with Crippen molar-refractivity contribution in [2.24, 2.45) is 5.73 Å². The van der Waals surface area contributed by atoms with E-state index in [1.807, 2.05) is 12.1 Å². The SMILES string of the molecule is CP(C)(=O)c1cccc(C2CC2N)c1.Cl. The van der Waals surface area contributed by atoms with Crippen LogP contribution in [-0.4, -0.2) is 19.4 Å². The van der Waals surface area contributed by atoms with Crippen LogP contribution in [0.1, 0.15) is 17.9 Å². The molecule has 0 spiro atoms. The van der Waals surface area contributed by atoms with Gasteiger partial charge < -0.3 is 10.3 Å². The number of hydrogen-bond donors (Lipinski definition) is 1. The van der Waals surface area contributed by atoms with Gasteiger partial charge in [0.05, 0.1) is 0 Å². The minimum atomic E-state index is -2.12. The zero-order valence-corrected chi connectivity index (χ0v) is 10.7. The smallest absolute Gasteiger partial charge is 0.109 e. The summed E-state index contributed by atoms with van der Waals surface area (Å²) in [5.74, 6) is 0.501. The van der Waals surface area contributed by atoms with Gasteiger partial charge in [-0.05, 0) is 31.4 Å². The second kappa shape index (κ2) is 4.29. The van der Waals surface area contributed by atoms with Crippen LogP contribution in [0.15, 0.2) is 24.3 Å². The average Bonchev–Trinajstić information content (AvgIpc) is 2.82. The van der Waals surface area contributed by atoms with E-state index in [0.29, 0.717) is 12.0 Å². The molecule has 0 saturated heterocycles. The maximum absolute atomic E-state index is 11.9. The van der Waals surface area contributed by atoms with E-state index in [4.69, 9.17) is 5.73 Å². The van der Waals surface area contributed by atoms with Crippen molar-refractivity contribution < 1.29 is 4.57 Å². The normalized spacial score (nSPS) is 24.5. The molecule has 2 N–H and O–H groups in total. The summed E-state index contributed by atoms with van der Waals surface area (Å²) in [6.07, 6.45) is 1.07. The molecule has 15 heavy (non-hydrogen) atoms. The lowest BCUT2D eigenvalue weighted by Gasteiger charge is -2.08. The van der Waals surface area contributed by atoms with Crippen LogP contribution in [0.4, 0.5) is 0 Å². The van der Waals surface area contributed by atoms with Crippen LogP contribution in [-0.2, 0) is 4.57 Å². The Hall–Kier alpha value is -0.300. The molecule has 2 atom stereocenters. The molecule has 4 heteroatoms. The topological polar surface area (TPSA) is 43.1 Å². The van der Waals surface area contributed by atoms with Crippen LogP contribution in [0.25, 0.3) is 0 Å². The third kappa shape index (κ3) is 2.84. The van der Waals surface area contributed by atoms with Crippen molar-refractivity contribution in [1.29, 1.82) is 0 Å². The summed E-state index contributed by atoms with van der Waals surface area (Å²) < 4.78 is 11.9. The molecule has 0 aromatic heterocycles. The van der Waals surface area contributed by atoms with Crippen LogP contribution < -0.4 is 11.0 Å². The standard InChI is InChI=1S/C11H16NOP.ClH/c1-14(2,13)9-5-3-4-8(6-9)10-7-11(10)12;/h3-6,10-11H,7,12H2,1-2H3;1H. The van der Waals surface area contributed by atoms with Crippen LogP contribution in [0.2, 0.25) is 0 Å². The number of halogens is 1. The van der Waals surface area contributed by atoms with E-state index in [9.17, 15) is 4.57 Å². The summed E-state index contributed by atoms with van der Waals surface area (Å²) in [5, 5.41) is 0.967. The van der Waals surface area contributed by atoms with Gasteiger partial charge >= 0.3 is 0 Å². The van der Waals surface area contributed by atoms with Gasteiger partial charge in [0.15, 0.2) is 0 Å². The van der Waals surface area contributed by atoms with Crippen LogP contribution in [0.5, 0.6) is 0 Å². The predicted molar refractivity (Wildman–Crippen MR) is 68.1 cm³/mol. The Kier molecular flexibility index (Phi) is 3.65. The predicted octanol–water partition coefficient (Wildman–Crippen LogP) is 2.17. The van der Waals surface area contributed by atoms with E-state index in [2.05, 4.69) is 12.1 Å². The van der Waals surface area contributed by atoms with Crippen molar-refractivity contribution in [1.82, 2.24) is 0 Å². The molecule has 0 aliphatic heterocycles. The van der Waals surface area contributed by atoms with Crippen molar-refractivity contribution in [3.63, 3.8) is 0 Å². The van der Waals surface area contributed by atoms with Crippen LogP contribution in [0.3, 0.4) is 0 Å². The first kappa shape index (κ1) is 12.8. The summed E-state index contributed by atoms with van der Waals surface area (Å²) in [6.45, 7) is 3.61. The second-order valence-corrected chi connectivity index (χ2v) is 7.67. The Balaban J connectivity index is 0.00000112. The van der Waals surface area contributed by atoms with Crippen molar-refractivity contribution in [3.05, 3.63) is 29.8 Å². The zero-order chi connectivity index (χ0) is 10.3. The number of nitrogens with two attached hydrogens (primary N) is 1. The Morgan fingerprint density at radius 1 is 1.40 bits per heavy atom. The maximum Gasteiger partial charge on any atom is 0.109 e. The molecule has 1 fully saturated rings. The number of rotatable bonds is 2. The molecule has 1 aliphatic carbocycles. The third-order valence-corrected chi connectivity index (χ3v) is 4.28. The van der Waals surface area contributed by atoms with Gasteiger partial charge in [0.25, 0.3) is 0 Å². The largest absolute Gasteiger partial charge is 0.327 e. The lowest BCUT2D eigenvalue weighted by Crippen LogP contribution is -2.06. The molecule has 0 bridgehead atoms. The molecule has 1 aromatic carbocycles. The van der Waals surface area contributed by atoms with E-state index >= 15 is 0 Å². The first-order valence-electron chi connectivity index (χ1n) is 4.89. The molecule has 1 saturated carbocycles. The van der Waals surface area contributed by atoms with E-state index in [-0.39, 0.29) is 12.4 Å². The first-order chi connectivity index (χ1) is 6.48. The monoisotopic (exact) mass is 245 g/mol. The summed E-state index contributed by atoms with van der Waals surface area (Å²) in [5.41, 5.74) is 7.04. The highest BCUT2D eigenvalue weighted by Gasteiger charge is 2.35. The third-order valence-electron chi connectivity index (χ3n) is 2.76. The Bertz CT molecular complexity index is 401. The van der Waals surface area contributed by atoms with Gasteiger partial charge in [-0.15, -0.1) is 12.4 Å². The average molecular weight is 246 g/mol. The van der Waals surface area contributed by atoms with E-state index in [0.717, 1.165) is 11.7 Å². The number of benzene rings is 1. The maximum atomic E-state index is 11.9. The van der Waals surface area contributed by atoms with Gasteiger partial charge in [0.2, 0.25) is 0 Å². The molecule has 2 nitrogen and oxygen atoms in total. The van der Waals surface area contributed by atoms with Gasteiger partial charge in [0, 0.05) is 17.3 Å². The summed E-state index contributed by atoms with van der Waals surface area (Å²) in [7, 11) is -2.12. The minimum absolute atomic E-state index is 0. The van der Waals surface area contributed by atoms with Gasteiger partial charge in [0.1, 0.15) is 7.14 Å². The molecule has 1 aliphatic rings. The lowest BCUT2D eigenvalue weighted by atomic mass is 10.1. The lowest BCUT2D eigenvalue weighted by molar-refractivity contribution is 0.588. The molecule has 1 aromatic rings. The van der Waals surface area contributed by atoms with Crippen LogP contribution in [0, 0.1) is 0 Å². The van der Waals surface area contributed by atoms with E-state index in [1.165, 1.54) is 5.56 Å². The summed E-state index contributed by atoms with van der Waals surface area (Å²) in [4.78, 5) is 0. The highest BCUT2D eigenvalue weighted by molar-refractivity contribution is 7.70. The fourth-order valence-electron chi connectivity index (χ4n) is 1.69. The van der Waals surface area contributed by atoms with E-state index in [1.54, 1.807) is 13.3 Å². The molecular formula is C11H17ClNOP. The molecule has 84 valence electrons. The first-order valence-corrected chi connectivity index (χ1v) is 7.50. The van der Waals surface area contributed by atoms with Crippen LogP contribution >= 0.6 is 19.5 Å². The van der Waals surface area contributed by atoms with E-state index < -0.39 is 7.14 Å². The van der Waals surface area contributed by atoms with Gasteiger partial charge in [-0.3, -0.25) is 0 Å². The zero-order valence-electron chi connectivity index (χ0n) is 9.01. The minimum Gasteiger partial charge on any atom is -0.327 e. The summed E-state index contributed by atoms with van der Waals surface area (Å²) in [6, 6.07) is 8.38. The Morgan fingerprint density at radius 2 is 2.00 bits per heavy atom. The van der Waals surface area contributed by atoms with Crippen molar-refractivity contribution in [2.75, 3.05) is 13.3 Å². The van der Waals surface area contributed by atoms with Gasteiger partial charge in [-0.1, -0.05) is 18.2 Å². The molecular weight excluding hydrogens is 229 g/mol. The highest BCUT2D eigenvalue weighted by atomic mass is 35.5. The molecule has 0 radical (unpaired) electrons. The quantitative estimate of drug-likeness (QED) is 0.812. The van der Waals surface area contributed by atoms with Gasteiger partial charge in [-0.2, -0.15) is 0 Å². The summed E-state index contributed by atoms with van der Waals surface area (Å²) >= 11 is 0. The number of hydrogen-bond acceptors (Lipinski definition) is 2. The Morgan fingerprint density at radius 3 is 2.47 bits per heavy atom. The fourth-order valence-corrected chi connectivity index (χ4v) is 2.59. The molecule has 2 unspecified atom stereocenters. The van der Waals surface area contributed by atoms with Crippen molar-refractivity contribution >= 4 is 24.9 Å². The fraction of sp³-hybridized carbons (Fsp3) is 0.455. The molecule has 0 heterocycles. The van der Waals surface area contributed by atoms with Gasteiger partial charge in [-0.25, -0.2) is 0 Å². The van der Waals surface area contributed by atoms with Crippen molar-refractivity contribution in [2.45, 2.75) is 18.4 Å². The Labute approximate surface area is 97.0 Å². The molecule has 2 rings (SSSR count). The molecule has 0 amide bonds.